The minimum atomic E-state index is 0.149. The van der Waals surface area contributed by atoms with Gasteiger partial charge in [-0.2, -0.15) is 0 Å². The maximum absolute atomic E-state index is 6.36. The molecule has 36 heavy (non-hydrogen) atoms. The summed E-state index contributed by atoms with van der Waals surface area (Å²) in [5.74, 6) is 1.25. The van der Waals surface area contributed by atoms with Gasteiger partial charge in [-0.25, -0.2) is 19.9 Å². The monoisotopic (exact) mass is 639 g/mol. The van der Waals surface area contributed by atoms with E-state index in [2.05, 4.69) is 25.3 Å². The van der Waals surface area contributed by atoms with E-state index in [0.29, 0.717) is 43.7 Å². The number of nitrogens with one attached hydrogen (secondary N) is 1. The molecule has 0 spiro atoms. The molecule has 1 N–H and O–H groups in total. The number of ether oxygens (including phenoxy) is 1. The normalized spacial score (nSPS) is 11.0. The van der Waals surface area contributed by atoms with E-state index in [1.807, 2.05) is 32.0 Å². The van der Waals surface area contributed by atoms with Crippen molar-refractivity contribution in [2.75, 3.05) is 12.4 Å². The summed E-state index contributed by atoms with van der Waals surface area (Å²) in [7, 11) is 1.58. The van der Waals surface area contributed by atoms with E-state index in [4.69, 9.17) is 74.3 Å². The van der Waals surface area contributed by atoms with Crippen LogP contribution >= 0.6 is 92.3 Å². The van der Waals surface area contributed by atoms with Crippen molar-refractivity contribution in [3.05, 3.63) is 64.3 Å². The van der Waals surface area contributed by atoms with Crippen molar-refractivity contribution in [2.24, 2.45) is 0 Å². The molecule has 0 aliphatic heterocycles. The zero-order valence-electron chi connectivity index (χ0n) is 18.7. The van der Waals surface area contributed by atoms with Crippen molar-refractivity contribution in [2.45, 2.75) is 20.4 Å². The molecule has 6 nitrogen and oxygen atoms in total. The lowest BCUT2D eigenvalue weighted by Crippen LogP contribution is -2.03. The summed E-state index contributed by atoms with van der Waals surface area (Å²) in [6.45, 7) is 4.37. The molecule has 0 amide bonds. The van der Waals surface area contributed by atoms with Gasteiger partial charge in [0.05, 0.1) is 33.0 Å². The van der Waals surface area contributed by atoms with Crippen molar-refractivity contribution in [1.82, 2.24) is 19.9 Å². The van der Waals surface area contributed by atoms with Crippen molar-refractivity contribution in [1.29, 1.82) is 0 Å². The second-order valence-electron chi connectivity index (χ2n) is 7.25. The van der Waals surface area contributed by atoms with Crippen LogP contribution in [0.4, 0.5) is 5.82 Å². The fourth-order valence-electron chi connectivity index (χ4n) is 3.20. The van der Waals surface area contributed by atoms with Gasteiger partial charge in [-0.15, -0.1) is 22.7 Å². The molecule has 0 atom stereocenters. The van der Waals surface area contributed by atoms with Gasteiger partial charge in [0.25, 0.3) is 0 Å². The largest absolute Gasteiger partial charge is 0.495 e. The summed E-state index contributed by atoms with van der Waals surface area (Å²) in [5.41, 5.74) is 0.988. The predicted octanol–water partition coefficient (Wildman–Crippen LogP) is 9.54. The number of nitrogens with zero attached hydrogens (tertiary/aromatic N) is 4. The summed E-state index contributed by atoms with van der Waals surface area (Å²) in [6.07, 6.45) is 0. The molecule has 188 valence electrons. The SMILES string of the molecule is COc1ccc(CNc2nc(Cl)nc3sc(C)c(Cl)c23)cc1Cl.Cc1sc2nc(Cl)nc(Cl)c2c1Cl. The molecule has 14 heteroatoms. The van der Waals surface area contributed by atoms with Crippen LogP contribution in [-0.4, -0.2) is 27.0 Å². The predicted molar refractivity (Wildman–Crippen MR) is 155 cm³/mol. The molecule has 0 saturated heterocycles. The van der Waals surface area contributed by atoms with Crippen LogP contribution in [0.2, 0.25) is 30.8 Å². The van der Waals surface area contributed by atoms with E-state index < -0.39 is 0 Å². The molecule has 1 aromatic carbocycles. The molecule has 0 radical (unpaired) electrons. The Morgan fingerprint density at radius 1 is 0.806 bits per heavy atom. The Kier molecular flexibility index (Phi) is 8.90. The maximum atomic E-state index is 6.36. The lowest BCUT2D eigenvalue weighted by molar-refractivity contribution is 0.415. The molecule has 4 aromatic heterocycles. The van der Waals surface area contributed by atoms with E-state index in [9.17, 15) is 0 Å². The van der Waals surface area contributed by atoms with Crippen LogP contribution < -0.4 is 10.1 Å². The number of hydrogen-bond acceptors (Lipinski definition) is 8. The number of fused-ring (bicyclic) bond motifs is 2. The van der Waals surface area contributed by atoms with Gasteiger partial charge in [-0.1, -0.05) is 52.5 Å². The van der Waals surface area contributed by atoms with Crippen molar-refractivity contribution in [3.63, 3.8) is 0 Å². The average molecular weight is 642 g/mol. The number of hydrogen-bond donors (Lipinski definition) is 1. The van der Waals surface area contributed by atoms with E-state index in [0.717, 1.165) is 30.4 Å². The lowest BCUT2D eigenvalue weighted by atomic mass is 10.2. The number of methoxy groups -OCH3 is 1. The minimum absolute atomic E-state index is 0.149. The van der Waals surface area contributed by atoms with E-state index >= 15 is 0 Å². The van der Waals surface area contributed by atoms with Gasteiger partial charge in [0.1, 0.15) is 26.4 Å². The highest BCUT2D eigenvalue weighted by Gasteiger charge is 2.16. The highest BCUT2D eigenvalue weighted by molar-refractivity contribution is 7.19. The van der Waals surface area contributed by atoms with E-state index in [-0.39, 0.29) is 10.6 Å². The highest BCUT2D eigenvalue weighted by Crippen LogP contribution is 2.39. The first kappa shape index (κ1) is 27.7. The lowest BCUT2D eigenvalue weighted by Gasteiger charge is -2.09. The quantitative estimate of drug-likeness (QED) is 0.156. The van der Waals surface area contributed by atoms with Crippen LogP contribution in [0.15, 0.2) is 18.2 Å². The van der Waals surface area contributed by atoms with Crippen molar-refractivity contribution in [3.8, 4) is 5.75 Å². The van der Waals surface area contributed by atoms with Gasteiger partial charge in [-0.3, -0.25) is 0 Å². The Morgan fingerprint density at radius 3 is 2.00 bits per heavy atom. The highest BCUT2D eigenvalue weighted by atomic mass is 35.5. The molecule has 5 aromatic rings. The van der Waals surface area contributed by atoms with Gasteiger partial charge in [-0.05, 0) is 54.7 Å². The summed E-state index contributed by atoms with van der Waals surface area (Å²) in [5, 5.41) is 7.19. The Hall–Kier alpha value is -1.36. The Labute approximate surface area is 244 Å². The van der Waals surface area contributed by atoms with Crippen LogP contribution in [0.5, 0.6) is 5.75 Å². The number of benzene rings is 1. The van der Waals surface area contributed by atoms with Gasteiger partial charge < -0.3 is 10.1 Å². The zero-order chi connectivity index (χ0) is 26.1. The number of thiophene rings is 2. The average Bonchev–Trinajstić information content (AvgIpc) is 3.26. The Morgan fingerprint density at radius 2 is 1.39 bits per heavy atom. The summed E-state index contributed by atoms with van der Waals surface area (Å²) >= 11 is 39.0. The van der Waals surface area contributed by atoms with Crippen LogP contribution in [0.1, 0.15) is 15.3 Å². The maximum Gasteiger partial charge on any atom is 0.225 e. The van der Waals surface area contributed by atoms with E-state index in [1.54, 1.807) is 7.11 Å². The van der Waals surface area contributed by atoms with Crippen molar-refractivity contribution < 1.29 is 4.74 Å². The number of anilines is 1. The molecular weight excluding hydrogens is 627 g/mol. The first-order chi connectivity index (χ1) is 17.1. The standard InChI is InChI=1S/C15H12Cl3N3OS.C7H3Cl3N2S/c1-7-12(17)11-13(20-15(18)21-14(11)23-7)19-6-8-3-4-10(22-2)9(16)5-8;1-2-4(8)3-5(9)11-7(10)12-6(3)13-2/h3-5H,6H2,1-2H3,(H,19,20,21);1H3. The second kappa shape index (κ2) is 11.6. The molecule has 5 rings (SSSR count). The summed E-state index contributed by atoms with van der Waals surface area (Å²) in [4.78, 5) is 19.8. The molecule has 0 fully saturated rings. The van der Waals surface area contributed by atoms with Crippen LogP contribution in [0, 0.1) is 13.8 Å². The fraction of sp³-hybridized carbons (Fsp3) is 0.182. The Bertz CT molecular complexity index is 1590. The first-order valence-corrected chi connectivity index (χ1v) is 13.9. The molecule has 0 bridgehead atoms. The number of aromatic nitrogens is 4. The van der Waals surface area contributed by atoms with Gasteiger partial charge in [0.2, 0.25) is 10.6 Å². The van der Waals surface area contributed by atoms with Crippen LogP contribution in [0.25, 0.3) is 20.4 Å². The number of halogens is 6. The second-order valence-corrected chi connectivity index (χ2v) is 11.9. The van der Waals surface area contributed by atoms with Gasteiger partial charge >= 0.3 is 0 Å². The summed E-state index contributed by atoms with van der Waals surface area (Å²) < 4.78 is 5.15. The minimum Gasteiger partial charge on any atom is -0.495 e. The fourth-order valence-corrected chi connectivity index (χ4v) is 6.86. The van der Waals surface area contributed by atoms with Crippen LogP contribution in [-0.2, 0) is 6.54 Å². The summed E-state index contributed by atoms with van der Waals surface area (Å²) in [6, 6.07) is 5.59. The Balaban J connectivity index is 0.000000197. The third-order valence-electron chi connectivity index (χ3n) is 4.89. The van der Waals surface area contributed by atoms with Crippen LogP contribution in [0.3, 0.4) is 0 Å². The topological polar surface area (TPSA) is 72.8 Å². The molecular formula is C22H15Cl6N5OS2. The first-order valence-electron chi connectivity index (χ1n) is 10.0. The van der Waals surface area contributed by atoms with Gasteiger partial charge in [0.15, 0.2) is 0 Å². The third kappa shape index (κ3) is 5.87. The molecule has 0 aliphatic carbocycles. The smallest absolute Gasteiger partial charge is 0.225 e. The molecule has 4 heterocycles. The number of aryl methyl sites for hydroxylation is 2. The zero-order valence-corrected chi connectivity index (χ0v) is 24.9. The van der Waals surface area contributed by atoms with Gasteiger partial charge in [0, 0.05) is 16.3 Å². The molecule has 0 saturated carbocycles. The van der Waals surface area contributed by atoms with E-state index in [1.165, 1.54) is 22.7 Å². The molecule has 0 aliphatic rings. The third-order valence-corrected chi connectivity index (χ3v) is 8.96. The molecule has 0 unspecified atom stereocenters. The van der Waals surface area contributed by atoms with Crippen molar-refractivity contribution >= 4 is 119 Å². The number of rotatable bonds is 4.